The van der Waals surface area contributed by atoms with E-state index in [1.54, 1.807) is 31.4 Å². The van der Waals surface area contributed by atoms with E-state index >= 15 is 0 Å². The highest BCUT2D eigenvalue weighted by atomic mass is 32.1. The van der Waals surface area contributed by atoms with E-state index in [0.717, 1.165) is 29.1 Å². The van der Waals surface area contributed by atoms with Crippen LogP contribution < -0.4 is 9.47 Å². The van der Waals surface area contributed by atoms with Crippen molar-refractivity contribution in [2.45, 2.75) is 39.4 Å². The number of nitrogens with zero attached hydrogens (tertiary/aromatic N) is 1. The van der Waals surface area contributed by atoms with Gasteiger partial charge >= 0.3 is 0 Å². The highest BCUT2D eigenvalue weighted by molar-refractivity contribution is 7.09. The van der Waals surface area contributed by atoms with Gasteiger partial charge in [-0.25, -0.2) is 4.98 Å². The second-order valence-corrected chi connectivity index (χ2v) is 5.80. The van der Waals surface area contributed by atoms with Crippen molar-refractivity contribution in [3.05, 3.63) is 39.8 Å². The lowest BCUT2D eigenvalue weighted by atomic mass is 10.1. The van der Waals surface area contributed by atoms with Crippen molar-refractivity contribution < 1.29 is 14.6 Å². The Bertz CT molecular complexity index is 581. The van der Waals surface area contributed by atoms with Crippen LogP contribution in [0.5, 0.6) is 11.5 Å². The van der Waals surface area contributed by atoms with Gasteiger partial charge in [0.15, 0.2) is 11.5 Å². The maximum absolute atomic E-state index is 9.59. The average molecular weight is 307 g/mol. The Balaban J connectivity index is 2.04. The van der Waals surface area contributed by atoms with Gasteiger partial charge in [-0.1, -0.05) is 13.0 Å². The van der Waals surface area contributed by atoms with Gasteiger partial charge in [0.25, 0.3) is 0 Å². The predicted octanol–water partition coefficient (Wildman–Crippen LogP) is 3.74. The molecule has 1 N–H and O–H groups in total. The maximum Gasteiger partial charge on any atom is 0.161 e. The summed E-state index contributed by atoms with van der Waals surface area (Å²) in [5, 5.41) is 12.8. The van der Waals surface area contributed by atoms with Gasteiger partial charge in [0.1, 0.15) is 6.61 Å². The normalized spacial score (nSPS) is 12.2. The van der Waals surface area contributed by atoms with Crippen LogP contribution in [0, 0.1) is 0 Å². The van der Waals surface area contributed by atoms with E-state index in [4.69, 9.17) is 9.47 Å². The lowest BCUT2D eigenvalue weighted by Gasteiger charge is -2.12. The van der Waals surface area contributed by atoms with Gasteiger partial charge in [-0.3, -0.25) is 0 Å². The van der Waals surface area contributed by atoms with E-state index in [1.165, 1.54) is 0 Å². The summed E-state index contributed by atoms with van der Waals surface area (Å²) >= 11 is 1.67. The number of methoxy groups -OCH3 is 1. The van der Waals surface area contributed by atoms with E-state index in [9.17, 15) is 5.11 Å². The molecule has 0 bridgehead atoms. The van der Waals surface area contributed by atoms with E-state index < -0.39 is 6.10 Å². The van der Waals surface area contributed by atoms with Crippen LogP contribution in [0.3, 0.4) is 0 Å². The quantitative estimate of drug-likeness (QED) is 0.846. The van der Waals surface area contributed by atoms with Crippen molar-refractivity contribution in [3.63, 3.8) is 0 Å². The number of aryl methyl sites for hydroxylation is 1. The van der Waals surface area contributed by atoms with Crippen molar-refractivity contribution in [1.29, 1.82) is 0 Å². The average Bonchev–Trinajstić information content (AvgIpc) is 2.93. The Kier molecular flexibility index (Phi) is 5.59. The van der Waals surface area contributed by atoms with Crippen molar-refractivity contribution in [1.82, 2.24) is 4.98 Å². The molecule has 2 aromatic rings. The molecule has 1 aromatic heterocycles. The monoisotopic (exact) mass is 307 g/mol. The Morgan fingerprint density at radius 1 is 1.33 bits per heavy atom. The third kappa shape index (κ3) is 4.19. The smallest absolute Gasteiger partial charge is 0.161 e. The second-order valence-electron chi connectivity index (χ2n) is 4.86. The zero-order valence-electron chi connectivity index (χ0n) is 12.6. The highest BCUT2D eigenvalue weighted by Crippen LogP contribution is 2.31. The SMILES string of the molecule is CCCc1nc(COc2ccc(C(C)O)cc2OC)cs1. The zero-order chi connectivity index (χ0) is 15.2. The van der Waals surface area contributed by atoms with Crippen LogP contribution in [-0.2, 0) is 13.0 Å². The van der Waals surface area contributed by atoms with Crippen LogP contribution in [0.1, 0.15) is 42.6 Å². The first-order valence-electron chi connectivity index (χ1n) is 7.06. The molecule has 1 heterocycles. The summed E-state index contributed by atoms with van der Waals surface area (Å²) in [4.78, 5) is 4.53. The van der Waals surface area contributed by atoms with Crippen LogP contribution in [0.15, 0.2) is 23.6 Å². The molecule has 0 aliphatic rings. The molecule has 0 saturated heterocycles. The summed E-state index contributed by atoms with van der Waals surface area (Å²) in [6.07, 6.45) is 1.59. The van der Waals surface area contributed by atoms with Gasteiger partial charge in [-0.15, -0.1) is 11.3 Å². The zero-order valence-corrected chi connectivity index (χ0v) is 13.4. The summed E-state index contributed by atoms with van der Waals surface area (Å²) in [6, 6.07) is 5.45. The van der Waals surface area contributed by atoms with E-state index in [1.807, 2.05) is 17.5 Å². The largest absolute Gasteiger partial charge is 0.493 e. The van der Waals surface area contributed by atoms with Crippen LogP contribution in [-0.4, -0.2) is 17.2 Å². The fourth-order valence-electron chi connectivity index (χ4n) is 1.96. The number of hydrogen-bond donors (Lipinski definition) is 1. The number of aromatic nitrogens is 1. The van der Waals surface area contributed by atoms with Gasteiger partial charge in [-0.2, -0.15) is 0 Å². The molecule has 21 heavy (non-hydrogen) atoms. The maximum atomic E-state index is 9.59. The molecule has 0 aliphatic carbocycles. The molecule has 1 atom stereocenters. The first-order valence-corrected chi connectivity index (χ1v) is 7.94. The summed E-state index contributed by atoms with van der Waals surface area (Å²) in [5.41, 5.74) is 1.74. The molecule has 5 heteroatoms. The Labute approximate surface area is 129 Å². The standard InChI is InChI=1S/C16H21NO3S/c1-4-5-16-17-13(10-21-16)9-20-14-7-6-12(11(2)18)8-15(14)19-3/h6-8,10-11,18H,4-5,9H2,1-3H3. The molecule has 0 saturated carbocycles. The predicted molar refractivity (Wildman–Crippen MR) is 84.1 cm³/mol. The van der Waals surface area contributed by atoms with E-state index in [-0.39, 0.29) is 0 Å². The Morgan fingerprint density at radius 2 is 2.14 bits per heavy atom. The number of aliphatic hydroxyl groups excluding tert-OH is 1. The molecular formula is C16H21NO3S. The number of aliphatic hydroxyl groups is 1. The van der Waals surface area contributed by atoms with Gasteiger partial charge in [-0.05, 0) is 37.5 Å². The van der Waals surface area contributed by atoms with Crippen LogP contribution in [0.2, 0.25) is 0 Å². The van der Waals surface area contributed by atoms with Crippen LogP contribution in [0.25, 0.3) is 0 Å². The summed E-state index contributed by atoms with van der Waals surface area (Å²) in [6.45, 7) is 4.29. The van der Waals surface area contributed by atoms with Crippen molar-refractivity contribution in [2.75, 3.05) is 7.11 Å². The first-order chi connectivity index (χ1) is 10.1. The van der Waals surface area contributed by atoms with E-state index in [2.05, 4.69) is 11.9 Å². The topological polar surface area (TPSA) is 51.6 Å². The molecule has 0 amide bonds. The Morgan fingerprint density at radius 3 is 2.81 bits per heavy atom. The molecule has 1 aromatic carbocycles. The number of hydrogen-bond acceptors (Lipinski definition) is 5. The first kappa shape index (κ1) is 15.8. The van der Waals surface area contributed by atoms with Crippen LogP contribution in [0.4, 0.5) is 0 Å². The summed E-state index contributed by atoms with van der Waals surface area (Å²) in [5.74, 6) is 1.28. The third-order valence-electron chi connectivity index (χ3n) is 3.11. The number of rotatable bonds is 7. The van der Waals surface area contributed by atoms with Crippen molar-refractivity contribution in [2.24, 2.45) is 0 Å². The molecule has 0 aliphatic heterocycles. The fourth-order valence-corrected chi connectivity index (χ4v) is 2.84. The minimum atomic E-state index is -0.525. The Hall–Kier alpha value is -1.59. The molecule has 0 spiro atoms. The molecule has 0 fully saturated rings. The lowest BCUT2D eigenvalue weighted by molar-refractivity contribution is 0.198. The van der Waals surface area contributed by atoms with Gasteiger partial charge in [0.05, 0.1) is 23.9 Å². The molecule has 1 unspecified atom stereocenters. The highest BCUT2D eigenvalue weighted by Gasteiger charge is 2.10. The fraction of sp³-hybridized carbons (Fsp3) is 0.438. The van der Waals surface area contributed by atoms with Crippen molar-refractivity contribution >= 4 is 11.3 Å². The molecular weight excluding hydrogens is 286 g/mol. The summed E-state index contributed by atoms with van der Waals surface area (Å²) in [7, 11) is 1.59. The number of benzene rings is 1. The second kappa shape index (κ2) is 7.43. The van der Waals surface area contributed by atoms with Gasteiger partial charge in [0, 0.05) is 5.38 Å². The van der Waals surface area contributed by atoms with Gasteiger partial charge < -0.3 is 14.6 Å². The molecule has 114 valence electrons. The minimum Gasteiger partial charge on any atom is -0.493 e. The molecule has 0 radical (unpaired) electrons. The number of thiazole rings is 1. The van der Waals surface area contributed by atoms with Crippen molar-refractivity contribution in [3.8, 4) is 11.5 Å². The summed E-state index contributed by atoms with van der Waals surface area (Å²) < 4.78 is 11.1. The van der Waals surface area contributed by atoms with Crippen LogP contribution >= 0.6 is 11.3 Å². The minimum absolute atomic E-state index is 0.421. The van der Waals surface area contributed by atoms with E-state index in [0.29, 0.717) is 18.1 Å². The lowest BCUT2D eigenvalue weighted by Crippen LogP contribution is -2.00. The number of ether oxygens (including phenoxy) is 2. The molecule has 4 nitrogen and oxygen atoms in total. The van der Waals surface area contributed by atoms with Gasteiger partial charge in [0.2, 0.25) is 0 Å². The third-order valence-corrected chi connectivity index (χ3v) is 4.07. The molecule has 2 rings (SSSR count).